The van der Waals surface area contributed by atoms with Crippen LogP contribution in [0.2, 0.25) is 0 Å². The molecule has 26 aromatic carbocycles. The zero-order chi connectivity index (χ0) is 90.1. The van der Waals surface area contributed by atoms with E-state index in [1.54, 1.807) is 97.1 Å². The molecular formula is C110H44N8O16. The van der Waals surface area contributed by atoms with Crippen LogP contribution >= 0.6 is 0 Å². The fraction of sp³-hybridized carbons (Fsp3) is 0.0727. The Bertz CT molecular complexity index is 11900. The Balaban J connectivity index is 0.880. The standard InChI is InChI=1S/C110H44N8O16/c1-111-95(119)33-13-9-29-30-10-14-34-62-50(100(124)112(2)96(34)120)18-38-66-42-22-54-72-58(108(132)116(6)104(54)128)26-46-70-48-28-60-74-56(106(130)118(8)110(60)134)24-44-68-40-20-52-64-36(98(122)114(4)102(52)126)16-12-32-31-11-15-35-63-51(101(125)113(3)97(35)121)19-39(81(77(31)63)82(40)78(32)64)67(68)43-23-55-73-59(109(133)117(7)105(55)129)27-47(89-90(48)94(74)86(44)85(43)93(73)89)69(70)45-25-57-71-53(103(127)115(5)107(57)131)21-41(83-84(42)92(72)88(46)87(45)91(71)83)65(66)37-17-49(99(111)123)61(33)75(29)79(37)80(38)76(30)62/h9-28H,1-8H3. The van der Waals surface area contributed by atoms with Crippen molar-refractivity contribution in [3.63, 3.8) is 0 Å². The van der Waals surface area contributed by atoms with Crippen molar-refractivity contribution in [2.75, 3.05) is 0 Å². The SMILES string of the molecule is Cn1c(=O)c2ccc3c4ccc5c(=O)n(C)c(=O)c6cc7c8c9cc%10c(=O)n(C)c(=O)c%11cc%12c%13c%14cc%15c(=O)n(C)c(=O)c%16cc%17c%18c%19cc%20c(=O)n(C)c(=O)c%21ccc%22c%23ccc%24c(=O)n(C)c(=O)c%25cc(c%18c%18cc%26c(=O)n(C)c(=O)c%27cc(c%13c%13cc%28c(=O)n(C)c(=O)c%29cc(c8c8cc(c1=O)c2c3c8c7c4c56)c1c9c(c%10%11)c%12c%13c1c%29%28)c1c%14c(c%16%15)c%17c%18c1c%26%27)c(c%23c%24%25)c%19c%22c%21%20. The first-order valence-electron chi connectivity index (χ1n) is 43.7. The summed E-state index contributed by atoms with van der Waals surface area (Å²) in [6, 6.07) is 35.4. The molecule has 0 radical (unpaired) electrons. The van der Waals surface area contributed by atoms with Gasteiger partial charge in [-0.2, -0.15) is 0 Å². The Morgan fingerprint density at radius 1 is 0.0970 bits per heavy atom. The molecule has 34 rings (SSSR count). The van der Waals surface area contributed by atoms with Crippen LogP contribution in [-0.4, -0.2) is 36.5 Å². The van der Waals surface area contributed by atoms with Crippen molar-refractivity contribution >= 4 is 355 Å². The summed E-state index contributed by atoms with van der Waals surface area (Å²) in [4.78, 5) is 251. The highest BCUT2D eigenvalue weighted by molar-refractivity contribution is 6.65. The Labute approximate surface area is 731 Å². The van der Waals surface area contributed by atoms with Crippen LogP contribution in [0, 0.1) is 0 Å². The van der Waals surface area contributed by atoms with Crippen molar-refractivity contribution < 1.29 is 0 Å². The predicted octanol–water partition coefficient (Wildman–Crippen LogP) is 14.1. The fourth-order valence-electron chi connectivity index (χ4n) is 28.0. The zero-order valence-corrected chi connectivity index (χ0v) is 70.7. The maximum atomic E-state index is 16.3. The molecule has 620 valence electrons. The molecule has 8 heterocycles. The van der Waals surface area contributed by atoms with Gasteiger partial charge in [0.25, 0.3) is 88.9 Å². The molecule has 0 fully saturated rings. The normalized spacial score (nSPS) is 13.7. The third-order valence-electron chi connectivity index (χ3n) is 33.4. The number of pyridine rings is 8. The minimum absolute atomic E-state index is 0.0742. The minimum atomic E-state index is -0.695. The minimum Gasteiger partial charge on any atom is -0.277 e. The van der Waals surface area contributed by atoms with Crippen molar-refractivity contribution in [3.8, 4) is 0 Å². The van der Waals surface area contributed by atoms with Gasteiger partial charge in [0.05, 0.1) is 0 Å². The van der Waals surface area contributed by atoms with Crippen molar-refractivity contribution in [3.05, 3.63) is 287 Å². The van der Waals surface area contributed by atoms with Gasteiger partial charge in [-0.15, -0.1) is 0 Å². The smallest absolute Gasteiger partial charge is 0.261 e. The van der Waals surface area contributed by atoms with E-state index in [1.165, 1.54) is 56.4 Å². The molecule has 0 amide bonds. The highest BCUT2D eigenvalue weighted by Gasteiger charge is 2.40. The molecule has 0 atom stereocenters. The Morgan fingerprint density at radius 2 is 0.179 bits per heavy atom. The molecule has 0 aliphatic rings. The lowest BCUT2D eigenvalue weighted by Crippen LogP contribution is -2.31. The van der Waals surface area contributed by atoms with Gasteiger partial charge in [-0.3, -0.25) is 113 Å². The average Bonchev–Trinajstić information content (AvgIpc) is 0.777. The molecule has 0 spiro atoms. The zero-order valence-electron chi connectivity index (χ0n) is 70.7. The van der Waals surface area contributed by atoms with Crippen molar-refractivity contribution in [1.29, 1.82) is 0 Å². The van der Waals surface area contributed by atoms with Crippen LogP contribution in [0.3, 0.4) is 0 Å². The van der Waals surface area contributed by atoms with Gasteiger partial charge in [0.2, 0.25) is 0 Å². The first-order chi connectivity index (χ1) is 64.6. The van der Waals surface area contributed by atoms with E-state index in [0.29, 0.717) is 248 Å². The van der Waals surface area contributed by atoms with Crippen molar-refractivity contribution in [2.24, 2.45) is 56.4 Å². The van der Waals surface area contributed by atoms with Crippen LogP contribution in [0.1, 0.15) is 0 Å². The molecule has 0 aliphatic heterocycles. The Morgan fingerprint density at radius 3 is 0.306 bits per heavy atom. The largest absolute Gasteiger partial charge is 0.277 e. The fourth-order valence-corrected chi connectivity index (χ4v) is 28.0. The van der Waals surface area contributed by atoms with E-state index >= 15 is 57.5 Å². The predicted molar refractivity (Wildman–Crippen MR) is 538 cm³/mol. The Kier molecular flexibility index (Phi) is 10.4. The maximum absolute atomic E-state index is 16.3. The number of nitrogens with zero attached hydrogens (tertiary/aromatic N) is 8. The van der Waals surface area contributed by atoms with E-state index < -0.39 is 88.9 Å². The summed E-state index contributed by atoms with van der Waals surface area (Å²) in [5.41, 5.74) is -10.1. The molecule has 0 bridgehead atoms. The van der Waals surface area contributed by atoms with Crippen molar-refractivity contribution in [1.82, 2.24) is 36.5 Å². The molecule has 0 saturated heterocycles. The van der Waals surface area contributed by atoms with E-state index in [4.69, 9.17) is 0 Å². The Hall–Kier alpha value is -18.1. The van der Waals surface area contributed by atoms with Gasteiger partial charge in [-0.25, -0.2) is 0 Å². The first-order valence-corrected chi connectivity index (χ1v) is 43.7. The van der Waals surface area contributed by atoms with Gasteiger partial charge >= 0.3 is 0 Å². The van der Waals surface area contributed by atoms with E-state index in [-0.39, 0.29) is 108 Å². The lowest BCUT2D eigenvalue weighted by atomic mass is 9.73. The van der Waals surface area contributed by atoms with Crippen LogP contribution in [0.4, 0.5) is 0 Å². The number of aromatic nitrogens is 8. The van der Waals surface area contributed by atoms with Gasteiger partial charge in [0.15, 0.2) is 0 Å². The number of benzene rings is 26. The van der Waals surface area contributed by atoms with Crippen LogP contribution in [0.25, 0.3) is 355 Å². The van der Waals surface area contributed by atoms with Gasteiger partial charge in [0.1, 0.15) is 0 Å². The van der Waals surface area contributed by atoms with Gasteiger partial charge in [0, 0.05) is 207 Å². The molecule has 0 aliphatic carbocycles. The average molecular weight is 1730 g/mol. The summed E-state index contributed by atoms with van der Waals surface area (Å²) in [5.74, 6) is 0. The molecule has 34 aromatic rings. The number of hydrogen-bond donors (Lipinski definition) is 0. The lowest BCUT2D eigenvalue weighted by Gasteiger charge is -2.29. The van der Waals surface area contributed by atoms with Crippen molar-refractivity contribution in [2.45, 2.75) is 0 Å². The highest BCUT2D eigenvalue weighted by atomic mass is 16.2. The van der Waals surface area contributed by atoms with E-state index in [0.717, 1.165) is 36.5 Å². The third-order valence-corrected chi connectivity index (χ3v) is 33.4. The molecule has 0 unspecified atom stereocenters. The molecule has 0 N–H and O–H groups in total. The van der Waals surface area contributed by atoms with Crippen LogP contribution in [0.5, 0.6) is 0 Å². The molecular weight excluding hydrogens is 1690 g/mol. The number of fused-ring (bicyclic) bond motifs is 17. The summed E-state index contributed by atoms with van der Waals surface area (Å²) >= 11 is 0. The van der Waals surface area contributed by atoms with Gasteiger partial charge < -0.3 is 0 Å². The second-order valence-corrected chi connectivity index (χ2v) is 38.4. The molecule has 0 saturated carbocycles. The maximum Gasteiger partial charge on any atom is 0.261 e. The monoisotopic (exact) mass is 1730 g/mol. The number of rotatable bonds is 0. The second-order valence-electron chi connectivity index (χ2n) is 38.4. The lowest BCUT2D eigenvalue weighted by molar-refractivity contribution is 0.841. The summed E-state index contributed by atoms with van der Waals surface area (Å²) in [6.07, 6.45) is 0. The van der Waals surface area contributed by atoms with E-state index in [1.807, 2.05) is 24.3 Å². The summed E-state index contributed by atoms with van der Waals surface area (Å²) in [7, 11) is 11.3. The van der Waals surface area contributed by atoms with Gasteiger partial charge in [-0.1, -0.05) is 24.3 Å². The topological polar surface area (TPSA) is 313 Å². The number of hydrogen-bond acceptors (Lipinski definition) is 16. The third kappa shape index (κ3) is 6.36. The first kappa shape index (κ1) is 69.0. The van der Waals surface area contributed by atoms with Crippen LogP contribution < -0.4 is 88.9 Å². The molecule has 24 nitrogen and oxygen atoms in total. The van der Waals surface area contributed by atoms with Crippen LogP contribution in [-0.2, 0) is 56.4 Å². The summed E-state index contributed by atoms with van der Waals surface area (Å²) in [6.45, 7) is 0. The second kappa shape index (κ2) is 20.2. The summed E-state index contributed by atoms with van der Waals surface area (Å²) < 4.78 is 8.52. The van der Waals surface area contributed by atoms with E-state index in [9.17, 15) is 19.2 Å². The van der Waals surface area contributed by atoms with Crippen LogP contribution in [0.15, 0.2) is 198 Å². The molecule has 134 heavy (non-hydrogen) atoms. The molecule has 24 heteroatoms. The van der Waals surface area contributed by atoms with Gasteiger partial charge in [-0.05, 0) is 302 Å². The highest BCUT2D eigenvalue weighted by Crippen LogP contribution is 2.64. The molecule has 8 aromatic heterocycles. The summed E-state index contributed by atoms with van der Waals surface area (Å²) in [5, 5.41) is 24.3. The quantitative estimate of drug-likeness (QED) is 0.101. The van der Waals surface area contributed by atoms with E-state index in [2.05, 4.69) is 0 Å².